The van der Waals surface area contributed by atoms with Crippen LogP contribution in [0.4, 0.5) is 23.1 Å². The van der Waals surface area contributed by atoms with E-state index in [1.807, 2.05) is 0 Å². The number of nitrogens with two attached hydrogens (primary N) is 2. The quantitative estimate of drug-likeness (QED) is 0.247. The summed E-state index contributed by atoms with van der Waals surface area (Å²) in [7, 11) is 0. The molecule has 1 heterocycles. The molecule has 30 heavy (non-hydrogen) atoms. The van der Waals surface area contributed by atoms with Gasteiger partial charge in [-0.15, -0.1) is 0 Å². The lowest BCUT2D eigenvalue weighted by Gasteiger charge is -2.33. The maximum Gasteiger partial charge on any atom is 0.254 e. The summed E-state index contributed by atoms with van der Waals surface area (Å²) in [5.74, 6) is -0.226. The molecule has 0 spiro atoms. The Hall–Kier alpha value is -3.57. The minimum absolute atomic E-state index is 0.120. The van der Waals surface area contributed by atoms with Gasteiger partial charge in [0.1, 0.15) is 11.4 Å². The summed E-state index contributed by atoms with van der Waals surface area (Å²) in [6.45, 7) is 0. The number of hydrogen-bond donors (Lipinski definition) is 7. The van der Waals surface area contributed by atoms with Gasteiger partial charge in [-0.05, 0) is 37.5 Å². The third-order valence-electron chi connectivity index (χ3n) is 4.73. The molecule has 11 heteroatoms. The van der Waals surface area contributed by atoms with Gasteiger partial charge in [0.05, 0.1) is 24.0 Å². The normalized spacial score (nSPS) is 21.2. The monoisotopic (exact) mass is 411 g/mol. The number of aromatic nitrogens is 2. The number of carbonyl (C=O) groups excluding carboxylic acids is 1. The molecule has 3 rings (SSSR count). The van der Waals surface area contributed by atoms with E-state index in [4.69, 9.17) is 16.9 Å². The van der Waals surface area contributed by atoms with Crippen molar-refractivity contribution in [1.82, 2.24) is 9.97 Å². The van der Waals surface area contributed by atoms with Crippen LogP contribution in [0.1, 0.15) is 29.6 Å². The van der Waals surface area contributed by atoms with E-state index in [1.165, 1.54) is 12.4 Å². The number of rotatable bonds is 8. The van der Waals surface area contributed by atoms with Gasteiger partial charge in [-0.3, -0.25) is 10.2 Å². The molecule has 1 aliphatic carbocycles. The van der Waals surface area contributed by atoms with E-state index >= 15 is 0 Å². The van der Waals surface area contributed by atoms with Gasteiger partial charge < -0.3 is 32.6 Å². The fourth-order valence-corrected chi connectivity index (χ4v) is 3.24. The number of hydrazone groups is 1. The second-order valence-electron chi connectivity index (χ2n) is 6.91. The smallest absolute Gasteiger partial charge is 0.254 e. The van der Waals surface area contributed by atoms with Gasteiger partial charge in [0, 0.05) is 24.1 Å². The topological polar surface area (TPSA) is 187 Å². The molecule has 0 bridgehead atoms. The number of carbonyl (C=O) groups is 1. The van der Waals surface area contributed by atoms with E-state index in [-0.39, 0.29) is 29.4 Å². The lowest BCUT2D eigenvalue weighted by molar-refractivity contribution is 0.0999. The number of nitrogens with zero attached hydrogens (tertiary/aromatic N) is 3. The van der Waals surface area contributed by atoms with Crippen LogP contribution < -0.4 is 27.5 Å². The number of anilines is 4. The third-order valence-corrected chi connectivity index (χ3v) is 4.73. The van der Waals surface area contributed by atoms with Crippen molar-refractivity contribution in [3.63, 3.8) is 0 Å². The minimum Gasteiger partial charge on any atom is -0.391 e. The summed E-state index contributed by atoms with van der Waals surface area (Å²) >= 11 is 0. The molecule has 0 radical (unpaired) electrons. The largest absolute Gasteiger partial charge is 0.391 e. The number of amides is 1. The zero-order valence-corrected chi connectivity index (χ0v) is 16.2. The van der Waals surface area contributed by atoms with Crippen molar-refractivity contribution in [3.8, 4) is 0 Å². The van der Waals surface area contributed by atoms with Crippen molar-refractivity contribution in [2.75, 3.05) is 16.1 Å². The van der Waals surface area contributed by atoms with Crippen LogP contribution in [0.15, 0.2) is 35.6 Å². The summed E-state index contributed by atoms with van der Waals surface area (Å²) in [5.41, 5.74) is 15.8. The van der Waals surface area contributed by atoms with Crippen LogP contribution in [-0.4, -0.2) is 51.6 Å². The summed E-state index contributed by atoms with van der Waals surface area (Å²) in [4.78, 5) is 20.4. The molecule has 11 nitrogen and oxygen atoms in total. The predicted molar refractivity (Wildman–Crippen MR) is 116 cm³/mol. The van der Waals surface area contributed by atoms with Crippen molar-refractivity contribution >= 4 is 41.5 Å². The number of aliphatic hydroxyl groups excluding tert-OH is 1. The highest BCUT2D eigenvalue weighted by Crippen LogP contribution is 2.24. The first-order valence-corrected chi connectivity index (χ1v) is 9.50. The zero-order valence-electron chi connectivity index (χ0n) is 16.2. The number of aliphatic hydroxyl groups is 1. The number of primary amides is 1. The standard InChI is InChI=1S/C19H25N9O2/c20-7-8-24-28-12-4-1-3-11(9-12)25-18-13(17(22)30)10-23-19(27-18)26-16-14(21)5-2-6-15(16)29/h1,3-4,7-10,14-16,20,28-29H,2,5-6,21H2,(H2,22,30)(H2,23,25,26,27)/b20-7?,24-8-/t14-,15+,16-/m0/s1. The van der Waals surface area contributed by atoms with Crippen molar-refractivity contribution in [2.24, 2.45) is 16.6 Å². The van der Waals surface area contributed by atoms with Gasteiger partial charge in [0.2, 0.25) is 5.95 Å². The molecular formula is C19H25N9O2. The SMILES string of the molecule is N=C/C=N\Nc1cccc(Nc2nc(N[C@@H]3[C@H](O)CCC[C@@H]3N)ncc2C(N)=O)c1. The molecule has 3 atom stereocenters. The Morgan fingerprint density at radius 3 is 2.87 bits per heavy atom. The summed E-state index contributed by atoms with van der Waals surface area (Å²) in [6.07, 6.45) is 5.39. The lowest BCUT2D eigenvalue weighted by Crippen LogP contribution is -2.51. The van der Waals surface area contributed by atoms with Crippen molar-refractivity contribution in [2.45, 2.75) is 37.5 Å². The summed E-state index contributed by atoms with van der Waals surface area (Å²) < 4.78 is 0. The molecule has 1 saturated carbocycles. The average Bonchev–Trinajstić information content (AvgIpc) is 2.71. The van der Waals surface area contributed by atoms with E-state index in [9.17, 15) is 9.90 Å². The highest BCUT2D eigenvalue weighted by Gasteiger charge is 2.30. The molecule has 1 amide bonds. The molecule has 0 saturated heterocycles. The summed E-state index contributed by atoms with van der Waals surface area (Å²) in [5, 5.41) is 27.2. The second kappa shape index (κ2) is 9.76. The van der Waals surface area contributed by atoms with Crippen LogP contribution in [0.3, 0.4) is 0 Å². The average molecular weight is 411 g/mol. The minimum atomic E-state index is -0.677. The van der Waals surface area contributed by atoms with E-state index in [2.05, 4.69) is 31.1 Å². The van der Waals surface area contributed by atoms with Gasteiger partial charge in [0.15, 0.2) is 0 Å². The molecular weight excluding hydrogens is 386 g/mol. The Morgan fingerprint density at radius 2 is 2.13 bits per heavy atom. The van der Waals surface area contributed by atoms with Gasteiger partial charge >= 0.3 is 0 Å². The first-order valence-electron chi connectivity index (χ1n) is 9.50. The molecule has 1 aromatic heterocycles. The molecule has 2 aromatic rings. The molecule has 0 aliphatic heterocycles. The van der Waals surface area contributed by atoms with E-state index < -0.39 is 12.0 Å². The van der Waals surface area contributed by atoms with Crippen molar-refractivity contribution in [3.05, 3.63) is 36.0 Å². The molecule has 0 unspecified atom stereocenters. The Bertz CT molecular complexity index is 924. The van der Waals surface area contributed by atoms with Crippen molar-refractivity contribution in [1.29, 1.82) is 5.41 Å². The highest BCUT2D eigenvalue weighted by atomic mass is 16.3. The lowest BCUT2D eigenvalue weighted by atomic mass is 9.88. The molecule has 1 aliphatic rings. The predicted octanol–water partition coefficient (Wildman–Crippen LogP) is 1.02. The van der Waals surface area contributed by atoms with Crippen LogP contribution >= 0.6 is 0 Å². The molecule has 1 fully saturated rings. The maximum absolute atomic E-state index is 11.8. The van der Waals surface area contributed by atoms with E-state index in [0.717, 1.165) is 19.1 Å². The highest BCUT2D eigenvalue weighted by molar-refractivity contribution is 6.14. The van der Waals surface area contributed by atoms with Gasteiger partial charge in [-0.1, -0.05) is 6.07 Å². The second-order valence-corrected chi connectivity index (χ2v) is 6.91. The van der Waals surface area contributed by atoms with Crippen LogP contribution in [0.25, 0.3) is 0 Å². The fraction of sp³-hybridized carbons (Fsp3) is 0.316. The Kier molecular flexibility index (Phi) is 6.88. The summed E-state index contributed by atoms with van der Waals surface area (Å²) in [6, 6.07) is 6.50. The first-order chi connectivity index (χ1) is 14.5. The maximum atomic E-state index is 11.8. The van der Waals surface area contributed by atoms with Crippen LogP contribution in [0.5, 0.6) is 0 Å². The number of nitrogens with one attached hydrogen (secondary N) is 4. The van der Waals surface area contributed by atoms with Crippen LogP contribution in [-0.2, 0) is 0 Å². The number of benzene rings is 1. The van der Waals surface area contributed by atoms with E-state index in [0.29, 0.717) is 17.8 Å². The Labute approximate surface area is 173 Å². The fourth-order valence-electron chi connectivity index (χ4n) is 3.24. The van der Waals surface area contributed by atoms with Crippen LogP contribution in [0, 0.1) is 5.41 Å². The van der Waals surface area contributed by atoms with Crippen molar-refractivity contribution < 1.29 is 9.90 Å². The van der Waals surface area contributed by atoms with Crippen LogP contribution in [0.2, 0.25) is 0 Å². The molecule has 9 N–H and O–H groups in total. The third kappa shape index (κ3) is 5.27. The zero-order chi connectivity index (χ0) is 21.5. The Morgan fingerprint density at radius 1 is 1.33 bits per heavy atom. The molecule has 158 valence electrons. The van der Waals surface area contributed by atoms with Gasteiger partial charge in [0.25, 0.3) is 5.91 Å². The van der Waals surface area contributed by atoms with Gasteiger partial charge in [-0.2, -0.15) is 10.1 Å². The van der Waals surface area contributed by atoms with E-state index in [1.54, 1.807) is 24.3 Å². The number of hydrogen-bond acceptors (Lipinski definition) is 10. The Balaban J connectivity index is 1.83. The molecule has 1 aromatic carbocycles. The van der Waals surface area contributed by atoms with Gasteiger partial charge in [-0.25, -0.2) is 4.98 Å². The first kappa shape index (κ1) is 21.1.